The molecule has 0 heterocycles. The van der Waals surface area contributed by atoms with Crippen LogP contribution in [0.15, 0.2) is 0 Å². The van der Waals surface area contributed by atoms with Gasteiger partial charge in [0.2, 0.25) is 17.7 Å². The van der Waals surface area contributed by atoms with Gasteiger partial charge in [-0.05, 0) is 30.8 Å². The third-order valence-electron chi connectivity index (χ3n) is 4.06. The van der Waals surface area contributed by atoms with Crippen LogP contribution in [0, 0.1) is 5.92 Å². The number of thioether (sulfide) groups is 1. The van der Waals surface area contributed by atoms with Crippen molar-refractivity contribution in [3.05, 3.63) is 0 Å². The van der Waals surface area contributed by atoms with Crippen molar-refractivity contribution in [3.63, 3.8) is 0 Å². The smallest absolute Gasteiger partial charge is 0.326 e. The molecule has 0 saturated heterocycles. The maximum absolute atomic E-state index is 12.5. The zero-order valence-corrected chi connectivity index (χ0v) is 16.3. The van der Waals surface area contributed by atoms with E-state index in [4.69, 9.17) is 11.5 Å². The summed E-state index contributed by atoms with van der Waals surface area (Å²) in [6.07, 6.45) is 2.80. The number of hydrogen-bond acceptors (Lipinski definition) is 6. The van der Waals surface area contributed by atoms with Crippen LogP contribution in [0.3, 0.4) is 0 Å². The van der Waals surface area contributed by atoms with Crippen molar-refractivity contribution >= 4 is 35.5 Å². The summed E-state index contributed by atoms with van der Waals surface area (Å²) in [6, 6.07) is -2.91. The van der Waals surface area contributed by atoms with Crippen LogP contribution in [0.25, 0.3) is 0 Å². The second-order valence-electron chi connectivity index (χ2n) is 6.16. The minimum Gasteiger partial charge on any atom is -0.480 e. The molecule has 0 aromatic rings. The summed E-state index contributed by atoms with van der Waals surface area (Å²) in [4.78, 5) is 46.8. The Hall–Kier alpha value is -1.81. The number of nitrogens with one attached hydrogen (secondary N) is 2. The third-order valence-corrected chi connectivity index (χ3v) is 4.70. The van der Waals surface area contributed by atoms with Gasteiger partial charge in [-0.1, -0.05) is 20.3 Å². The predicted molar refractivity (Wildman–Crippen MR) is 100 cm³/mol. The maximum Gasteiger partial charge on any atom is 0.326 e. The van der Waals surface area contributed by atoms with Crippen molar-refractivity contribution in [2.75, 3.05) is 12.0 Å². The summed E-state index contributed by atoms with van der Waals surface area (Å²) in [5.41, 5.74) is 10.7. The van der Waals surface area contributed by atoms with E-state index in [0.29, 0.717) is 18.6 Å². The average Bonchev–Trinajstić information content (AvgIpc) is 2.59. The fourth-order valence-corrected chi connectivity index (χ4v) is 2.62. The summed E-state index contributed by atoms with van der Waals surface area (Å²) in [7, 11) is 0. The molecular formula is C16H30N4O5S. The number of hydrogen-bond donors (Lipinski definition) is 5. The lowest BCUT2D eigenvalue weighted by atomic mass is 9.98. The van der Waals surface area contributed by atoms with Crippen molar-refractivity contribution in [2.45, 2.75) is 57.7 Å². The van der Waals surface area contributed by atoms with Gasteiger partial charge in [0.05, 0.1) is 6.04 Å². The van der Waals surface area contributed by atoms with Crippen LogP contribution in [-0.2, 0) is 19.2 Å². The van der Waals surface area contributed by atoms with Crippen molar-refractivity contribution in [1.82, 2.24) is 10.6 Å². The van der Waals surface area contributed by atoms with Gasteiger partial charge in [0, 0.05) is 6.42 Å². The molecule has 0 fully saturated rings. The van der Waals surface area contributed by atoms with Crippen LogP contribution < -0.4 is 22.1 Å². The Bertz CT molecular complexity index is 503. The number of carbonyl (C=O) groups excluding carboxylic acids is 3. The SMILES string of the molecule is CC[C@H](C)[C@H](NC(=O)[C@H](CCSC)NC(=O)[C@@H](N)CCC(N)=O)C(=O)O. The highest BCUT2D eigenvalue weighted by Gasteiger charge is 2.30. The molecule has 0 aliphatic rings. The summed E-state index contributed by atoms with van der Waals surface area (Å²) < 4.78 is 0. The van der Waals surface area contributed by atoms with Crippen LogP contribution in [0.2, 0.25) is 0 Å². The Kier molecular flexibility index (Phi) is 11.7. The topological polar surface area (TPSA) is 165 Å². The standard InChI is InChI=1S/C16H30N4O5S/c1-4-9(2)13(16(24)25)20-15(23)11(7-8-26-3)19-14(22)10(17)5-6-12(18)21/h9-11,13H,4-8,17H2,1-3H3,(H2,18,21)(H,19,22)(H,20,23)(H,24,25)/t9-,10-,11-,13-/m0/s1. The molecule has 3 amide bonds. The van der Waals surface area contributed by atoms with Crippen LogP contribution >= 0.6 is 11.8 Å². The van der Waals surface area contributed by atoms with Gasteiger partial charge in [-0.2, -0.15) is 11.8 Å². The van der Waals surface area contributed by atoms with Gasteiger partial charge >= 0.3 is 5.97 Å². The van der Waals surface area contributed by atoms with Crippen molar-refractivity contribution in [2.24, 2.45) is 17.4 Å². The van der Waals surface area contributed by atoms with Gasteiger partial charge in [-0.25, -0.2) is 4.79 Å². The highest BCUT2D eigenvalue weighted by atomic mass is 32.2. The number of aliphatic carboxylic acids is 1. The molecule has 0 aliphatic heterocycles. The summed E-state index contributed by atoms with van der Waals surface area (Å²) >= 11 is 1.49. The molecule has 0 unspecified atom stereocenters. The summed E-state index contributed by atoms with van der Waals surface area (Å²) in [6.45, 7) is 3.56. The van der Waals surface area contributed by atoms with Gasteiger partial charge in [0.25, 0.3) is 0 Å². The molecular weight excluding hydrogens is 360 g/mol. The van der Waals surface area contributed by atoms with E-state index in [0.717, 1.165) is 0 Å². The van der Waals surface area contributed by atoms with Gasteiger partial charge < -0.3 is 27.2 Å². The first kappa shape index (κ1) is 24.2. The zero-order chi connectivity index (χ0) is 20.3. The lowest BCUT2D eigenvalue weighted by molar-refractivity contribution is -0.143. The van der Waals surface area contributed by atoms with Crippen molar-refractivity contribution in [1.29, 1.82) is 0 Å². The van der Waals surface area contributed by atoms with Crippen LogP contribution in [-0.4, -0.2) is 58.9 Å². The number of primary amides is 1. The van der Waals surface area contributed by atoms with E-state index in [1.165, 1.54) is 11.8 Å². The van der Waals surface area contributed by atoms with Crippen molar-refractivity contribution < 1.29 is 24.3 Å². The Labute approximate surface area is 158 Å². The molecule has 26 heavy (non-hydrogen) atoms. The molecule has 0 aromatic heterocycles. The highest BCUT2D eigenvalue weighted by Crippen LogP contribution is 2.09. The molecule has 0 aliphatic carbocycles. The van der Waals surface area contributed by atoms with Crippen LogP contribution in [0.4, 0.5) is 0 Å². The van der Waals surface area contributed by atoms with E-state index in [1.54, 1.807) is 6.92 Å². The predicted octanol–water partition coefficient (Wildman–Crippen LogP) is -0.567. The fraction of sp³-hybridized carbons (Fsp3) is 0.750. The van der Waals surface area contributed by atoms with E-state index >= 15 is 0 Å². The van der Waals surface area contributed by atoms with Crippen LogP contribution in [0.1, 0.15) is 39.5 Å². The van der Waals surface area contributed by atoms with Gasteiger partial charge in [-0.3, -0.25) is 14.4 Å². The number of amides is 3. The monoisotopic (exact) mass is 390 g/mol. The number of carboxylic acid groups (broad SMARTS) is 1. The lowest BCUT2D eigenvalue weighted by Gasteiger charge is -2.25. The average molecular weight is 391 g/mol. The molecule has 4 atom stereocenters. The largest absolute Gasteiger partial charge is 0.480 e. The first-order valence-electron chi connectivity index (χ1n) is 8.50. The minimum absolute atomic E-state index is 0.0363. The highest BCUT2D eigenvalue weighted by molar-refractivity contribution is 7.98. The molecule has 150 valence electrons. The molecule has 0 radical (unpaired) electrons. The Balaban J connectivity index is 4.99. The summed E-state index contributed by atoms with van der Waals surface area (Å²) in [5, 5.41) is 14.3. The molecule has 0 saturated carbocycles. The molecule has 0 rings (SSSR count). The number of rotatable bonds is 13. The van der Waals surface area contributed by atoms with Gasteiger partial charge in [0.1, 0.15) is 12.1 Å². The Morgan fingerprint density at radius 3 is 2.19 bits per heavy atom. The van der Waals surface area contributed by atoms with Gasteiger partial charge in [0.15, 0.2) is 0 Å². The zero-order valence-electron chi connectivity index (χ0n) is 15.5. The molecule has 9 nitrogen and oxygen atoms in total. The fourth-order valence-electron chi connectivity index (χ4n) is 2.15. The van der Waals surface area contributed by atoms with E-state index in [1.807, 2.05) is 13.2 Å². The van der Waals surface area contributed by atoms with Gasteiger partial charge in [-0.15, -0.1) is 0 Å². The summed E-state index contributed by atoms with van der Waals surface area (Å²) in [5.74, 6) is -2.50. The Morgan fingerprint density at radius 2 is 1.73 bits per heavy atom. The normalized spacial score (nSPS) is 15.4. The molecule has 0 bridgehead atoms. The van der Waals surface area contributed by atoms with E-state index < -0.39 is 41.8 Å². The molecule has 0 spiro atoms. The molecule has 10 heteroatoms. The van der Waals surface area contributed by atoms with E-state index in [9.17, 15) is 24.3 Å². The minimum atomic E-state index is -1.12. The second-order valence-corrected chi connectivity index (χ2v) is 7.15. The molecule has 7 N–H and O–H groups in total. The van der Waals surface area contributed by atoms with E-state index in [-0.39, 0.29) is 18.8 Å². The Morgan fingerprint density at radius 1 is 1.12 bits per heavy atom. The van der Waals surface area contributed by atoms with E-state index in [2.05, 4.69) is 10.6 Å². The first-order valence-corrected chi connectivity index (χ1v) is 9.89. The second kappa shape index (κ2) is 12.5. The molecule has 0 aromatic carbocycles. The maximum atomic E-state index is 12.5. The third kappa shape index (κ3) is 9.04. The first-order chi connectivity index (χ1) is 12.1. The quantitative estimate of drug-likeness (QED) is 0.281. The number of carboxylic acids is 1. The van der Waals surface area contributed by atoms with Crippen molar-refractivity contribution in [3.8, 4) is 0 Å². The number of nitrogens with two attached hydrogens (primary N) is 2. The van der Waals surface area contributed by atoms with Crippen LogP contribution in [0.5, 0.6) is 0 Å². The lowest BCUT2D eigenvalue weighted by Crippen LogP contribution is -2.55. The number of carbonyl (C=O) groups is 4.